The molecule has 1 amide bonds. The van der Waals surface area contributed by atoms with E-state index in [1.165, 1.54) is 11.3 Å². The summed E-state index contributed by atoms with van der Waals surface area (Å²) in [7, 11) is 0. The van der Waals surface area contributed by atoms with Crippen LogP contribution in [0.2, 0.25) is 0 Å². The SMILES string of the molecule is Cc1ccc(C(=O)NCC2(C(=O)O)CCOCC2)s1. The average Bonchev–Trinajstić information content (AvgIpc) is 2.83. The third-order valence-electron chi connectivity index (χ3n) is 3.46. The van der Waals surface area contributed by atoms with Gasteiger partial charge in [0, 0.05) is 24.6 Å². The number of carbonyl (C=O) groups excluding carboxylic acids is 1. The Kier molecular flexibility index (Phi) is 4.21. The lowest BCUT2D eigenvalue weighted by Gasteiger charge is -2.33. The number of hydrogen-bond donors (Lipinski definition) is 2. The van der Waals surface area contributed by atoms with Gasteiger partial charge in [-0.15, -0.1) is 11.3 Å². The van der Waals surface area contributed by atoms with Crippen molar-refractivity contribution in [2.75, 3.05) is 19.8 Å². The van der Waals surface area contributed by atoms with Gasteiger partial charge in [0.2, 0.25) is 0 Å². The van der Waals surface area contributed by atoms with E-state index in [0.29, 0.717) is 30.9 Å². The molecular formula is C13H17NO4S. The molecule has 1 saturated heterocycles. The molecule has 2 heterocycles. The number of rotatable bonds is 4. The lowest BCUT2D eigenvalue weighted by Crippen LogP contribution is -2.46. The van der Waals surface area contributed by atoms with Crippen molar-refractivity contribution in [2.24, 2.45) is 5.41 Å². The minimum absolute atomic E-state index is 0.154. The first-order valence-electron chi connectivity index (χ1n) is 6.19. The van der Waals surface area contributed by atoms with Crippen LogP contribution in [-0.4, -0.2) is 36.7 Å². The van der Waals surface area contributed by atoms with Crippen molar-refractivity contribution in [2.45, 2.75) is 19.8 Å². The van der Waals surface area contributed by atoms with Gasteiger partial charge >= 0.3 is 5.97 Å². The van der Waals surface area contributed by atoms with Crippen LogP contribution in [0.1, 0.15) is 27.4 Å². The van der Waals surface area contributed by atoms with Gasteiger partial charge in [-0.25, -0.2) is 0 Å². The summed E-state index contributed by atoms with van der Waals surface area (Å²) in [6.45, 7) is 2.95. The summed E-state index contributed by atoms with van der Waals surface area (Å²) < 4.78 is 5.20. The second-order valence-electron chi connectivity index (χ2n) is 4.79. The van der Waals surface area contributed by atoms with E-state index in [2.05, 4.69) is 5.32 Å². The highest BCUT2D eigenvalue weighted by Crippen LogP contribution is 2.30. The molecule has 1 aromatic rings. The van der Waals surface area contributed by atoms with Gasteiger partial charge < -0.3 is 15.2 Å². The molecule has 6 heteroatoms. The van der Waals surface area contributed by atoms with E-state index in [1.807, 2.05) is 13.0 Å². The Morgan fingerprint density at radius 2 is 2.11 bits per heavy atom. The van der Waals surface area contributed by atoms with Gasteiger partial charge in [-0.05, 0) is 31.9 Å². The summed E-state index contributed by atoms with van der Waals surface area (Å²) >= 11 is 1.41. The van der Waals surface area contributed by atoms with Crippen LogP contribution in [0.3, 0.4) is 0 Å². The first-order valence-corrected chi connectivity index (χ1v) is 7.01. The zero-order chi connectivity index (χ0) is 13.9. The number of ether oxygens (including phenoxy) is 1. The molecule has 0 bridgehead atoms. The summed E-state index contributed by atoms with van der Waals surface area (Å²) in [5.74, 6) is -1.07. The number of carbonyl (C=O) groups is 2. The molecular weight excluding hydrogens is 266 g/mol. The molecule has 0 spiro atoms. The van der Waals surface area contributed by atoms with Crippen LogP contribution < -0.4 is 5.32 Å². The molecule has 0 saturated carbocycles. The van der Waals surface area contributed by atoms with E-state index >= 15 is 0 Å². The smallest absolute Gasteiger partial charge is 0.311 e. The molecule has 1 aromatic heterocycles. The lowest BCUT2D eigenvalue weighted by atomic mass is 9.80. The zero-order valence-electron chi connectivity index (χ0n) is 10.8. The van der Waals surface area contributed by atoms with Crippen LogP contribution in [0.5, 0.6) is 0 Å². The molecule has 1 aliphatic heterocycles. The summed E-state index contributed by atoms with van der Waals surface area (Å²) in [5.41, 5.74) is -0.889. The Balaban J connectivity index is 1.99. The van der Waals surface area contributed by atoms with Crippen molar-refractivity contribution in [1.82, 2.24) is 5.32 Å². The monoisotopic (exact) mass is 283 g/mol. The van der Waals surface area contributed by atoms with Crippen molar-refractivity contribution in [1.29, 1.82) is 0 Å². The number of thiophene rings is 1. The molecule has 0 radical (unpaired) electrons. The molecule has 1 fully saturated rings. The molecule has 0 atom stereocenters. The number of carboxylic acid groups (broad SMARTS) is 1. The Labute approximate surface area is 115 Å². The fourth-order valence-electron chi connectivity index (χ4n) is 2.12. The number of amides is 1. The molecule has 0 aromatic carbocycles. The van der Waals surface area contributed by atoms with Crippen molar-refractivity contribution in [3.63, 3.8) is 0 Å². The second-order valence-corrected chi connectivity index (χ2v) is 6.08. The minimum atomic E-state index is -0.889. The quantitative estimate of drug-likeness (QED) is 0.881. The van der Waals surface area contributed by atoms with Crippen LogP contribution in [0.15, 0.2) is 12.1 Å². The third kappa shape index (κ3) is 3.13. The van der Waals surface area contributed by atoms with Crippen molar-refractivity contribution in [3.05, 3.63) is 21.9 Å². The summed E-state index contributed by atoms with van der Waals surface area (Å²) in [5, 5.41) is 12.1. The van der Waals surface area contributed by atoms with Crippen LogP contribution >= 0.6 is 11.3 Å². The van der Waals surface area contributed by atoms with Crippen LogP contribution in [0.4, 0.5) is 0 Å². The van der Waals surface area contributed by atoms with Crippen molar-refractivity contribution in [3.8, 4) is 0 Å². The van der Waals surface area contributed by atoms with Crippen molar-refractivity contribution >= 4 is 23.2 Å². The van der Waals surface area contributed by atoms with Crippen LogP contribution in [-0.2, 0) is 9.53 Å². The van der Waals surface area contributed by atoms with Crippen LogP contribution in [0.25, 0.3) is 0 Å². The largest absolute Gasteiger partial charge is 0.481 e. The van der Waals surface area contributed by atoms with Gasteiger partial charge in [0.05, 0.1) is 10.3 Å². The molecule has 0 aliphatic carbocycles. The van der Waals surface area contributed by atoms with Gasteiger partial charge in [-0.2, -0.15) is 0 Å². The lowest BCUT2D eigenvalue weighted by molar-refractivity contribution is -0.154. The van der Waals surface area contributed by atoms with E-state index in [9.17, 15) is 14.7 Å². The molecule has 0 unspecified atom stereocenters. The fraction of sp³-hybridized carbons (Fsp3) is 0.538. The van der Waals surface area contributed by atoms with Gasteiger partial charge in [0.1, 0.15) is 0 Å². The predicted molar refractivity (Wildman–Crippen MR) is 71.5 cm³/mol. The molecule has 1 aliphatic rings. The highest BCUT2D eigenvalue weighted by molar-refractivity contribution is 7.13. The molecule has 104 valence electrons. The number of nitrogens with one attached hydrogen (secondary N) is 1. The van der Waals surface area contributed by atoms with Gasteiger partial charge in [0.15, 0.2) is 0 Å². The fourth-order valence-corrected chi connectivity index (χ4v) is 2.91. The summed E-state index contributed by atoms with van der Waals surface area (Å²) in [6.07, 6.45) is 0.873. The molecule has 19 heavy (non-hydrogen) atoms. The van der Waals surface area contributed by atoms with E-state index in [0.717, 1.165) is 4.88 Å². The molecule has 2 N–H and O–H groups in total. The average molecular weight is 283 g/mol. The van der Waals surface area contributed by atoms with Gasteiger partial charge in [-0.1, -0.05) is 0 Å². The van der Waals surface area contributed by atoms with Gasteiger partial charge in [-0.3, -0.25) is 9.59 Å². The van der Waals surface area contributed by atoms with Crippen molar-refractivity contribution < 1.29 is 19.4 Å². The molecule has 5 nitrogen and oxygen atoms in total. The molecule has 2 rings (SSSR count). The van der Waals surface area contributed by atoms with Crippen LogP contribution in [0, 0.1) is 12.3 Å². The topological polar surface area (TPSA) is 75.6 Å². The standard InChI is InChI=1S/C13H17NO4S/c1-9-2-3-10(19-9)11(15)14-8-13(12(16)17)4-6-18-7-5-13/h2-3H,4-8H2,1H3,(H,14,15)(H,16,17). The predicted octanol–water partition coefficient (Wildman–Crippen LogP) is 1.67. The number of aliphatic carboxylic acids is 1. The second kappa shape index (κ2) is 5.71. The number of aryl methyl sites for hydroxylation is 1. The minimum Gasteiger partial charge on any atom is -0.481 e. The first-order chi connectivity index (χ1) is 9.03. The van der Waals surface area contributed by atoms with Gasteiger partial charge in [0.25, 0.3) is 5.91 Å². The summed E-state index contributed by atoms with van der Waals surface area (Å²) in [4.78, 5) is 25.0. The Bertz CT molecular complexity index is 477. The van der Waals surface area contributed by atoms with E-state index in [1.54, 1.807) is 6.07 Å². The third-order valence-corrected chi connectivity index (χ3v) is 4.45. The Morgan fingerprint density at radius 1 is 1.42 bits per heavy atom. The number of carboxylic acids is 1. The maximum absolute atomic E-state index is 11.9. The highest BCUT2D eigenvalue weighted by Gasteiger charge is 2.40. The first kappa shape index (κ1) is 14.0. The highest BCUT2D eigenvalue weighted by atomic mass is 32.1. The number of hydrogen-bond acceptors (Lipinski definition) is 4. The normalized spacial score (nSPS) is 17.9. The maximum atomic E-state index is 11.9. The summed E-state index contributed by atoms with van der Waals surface area (Å²) in [6, 6.07) is 3.63. The van der Waals surface area contributed by atoms with E-state index in [4.69, 9.17) is 4.74 Å². The zero-order valence-corrected chi connectivity index (χ0v) is 11.6. The van der Waals surface area contributed by atoms with E-state index < -0.39 is 11.4 Å². The Morgan fingerprint density at radius 3 is 2.63 bits per heavy atom. The Hall–Kier alpha value is -1.40. The maximum Gasteiger partial charge on any atom is 0.311 e. The van der Waals surface area contributed by atoms with E-state index in [-0.39, 0.29) is 12.5 Å².